The molecule has 1 aliphatic rings. The number of halogens is 1. The molecule has 0 bridgehead atoms. The van der Waals surface area contributed by atoms with Crippen LogP contribution in [0.2, 0.25) is 5.02 Å². The van der Waals surface area contributed by atoms with Gasteiger partial charge < -0.3 is 5.32 Å². The van der Waals surface area contributed by atoms with Crippen molar-refractivity contribution in [1.29, 1.82) is 0 Å². The first-order valence-electron chi connectivity index (χ1n) is 5.73. The molecule has 0 aromatic heterocycles. The van der Waals surface area contributed by atoms with E-state index in [9.17, 15) is 0 Å². The zero-order chi connectivity index (χ0) is 12.5. The van der Waals surface area contributed by atoms with E-state index in [1.807, 2.05) is 25.1 Å². The van der Waals surface area contributed by atoms with Gasteiger partial charge >= 0.3 is 0 Å². The van der Waals surface area contributed by atoms with Crippen LogP contribution in [0.15, 0.2) is 23.2 Å². The number of nitrogens with one attached hydrogen (secondary N) is 1. The summed E-state index contributed by atoms with van der Waals surface area (Å²) in [5, 5.41) is 5.07. The minimum absolute atomic E-state index is 0.0305. The summed E-state index contributed by atoms with van der Waals surface area (Å²) in [6.07, 6.45) is 1.12. The fraction of sp³-hybridized carbons (Fsp3) is 0.462. The second kappa shape index (κ2) is 4.91. The minimum atomic E-state index is 0.0305. The van der Waals surface area contributed by atoms with E-state index in [1.165, 1.54) is 0 Å². The van der Waals surface area contributed by atoms with Gasteiger partial charge in [-0.25, -0.2) is 0 Å². The molecule has 0 atom stereocenters. The Morgan fingerprint density at radius 2 is 2.18 bits per heavy atom. The molecule has 0 amide bonds. The highest BCUT2D eigenvalue weighted by molar-refractivity contribution is 8.14. The number of nitrogens with zero attached hydrogens (tertiary/aromatic N) is 1. The highest BCUT2D eigenvalue weighted by Crippen LogP contribution is 2.30. The summed E-state index contributed by atoms with van der Waals surface area (Å²) in [7, 11) is 0. The molecule has 0 fully saturated rings. The third-order valence-corrected chi connectivity index (χ3v) is 4.00. The van der Waals surface area contributed by atoms with E-state index >= 15 is 0 Å². The molecule has 2 rings (SSSR count). The molecule has 4 heteroatoms. The average Bonchev–Trinajstić information content (AvgIpc) is 2.22. The Balaban J connectivity index is 2.24. The van der Waals surface area contributed by atoms with Gasteiger partial charge in [0.25, 0.3) is 0 Å². The van der Waals surface area contributed by atoms with Crippen molar-refractivity contribution in [2.45, 2.75) is 32.7 Å². The van der Waals surface area contributed by atoms with Gasteiger partial charge in [-0.3, -0.25) is 4.99 Å². The first-order chi connectivity index (χ1) is 7.98. The molecule has 92 valence electrons. The number of hydrogen-bond donors (Lipinski definition) is 1. The SMILES string of the molecule is Cc1cccc(Cl)c1NC1=NC(C)(C)CCS1. The van der Waals surface area contributed by atoms with Crippen molar-refractivity contribution in [3.05, 3.63) is 28.8 Å². The number of benzene rings is 1. The van der Waals surface area contributed by atoms with Crippen LogP contribution in [-0.2, 0) is 0 Å². The quantitative estimate of drug-likeness (QED) is 0.820. The molecular formula is C13H17ClN2S. The largest absolute Gasteiger partial charge is 0.334 e. The zero-order valence-electron chi connectivity index (χ0n) is 10.4. The lowest BCUT2D eigenvalue weighted by Crippen LogP contribution is -2.27. The molecule has 0 aliphatic carbocycles. The van der Waals surface area contributed by atoms with Crippen LogP contribution in [0.5, 0.6) is 0 Å². The number of hydrogen-bond acceptors (Lipinski definition) is 3. The van der Waals surface area contributed by atoms with Crippen molar-refractivity contribution >= 4 is 34.2 Å². The topological polar surface area (TPSA) is 24.4 Å². The summed E-state index contributed by atoms with van der Waals surface area (Å²) >= 11 is 7.95. The van der Waals surface area contributed by atoms with Crippen LogP contribution in [0.4, 0.5) is 5.69 Å². The van der Waals surface area contributed by atoms with Gasteiger partial charge in [-0.1, -0.05) is 35.5 Å². The standard InChI is InChI=1S/C13H17ClN2S/c1-9-5-4-6-10(14)11(9)15-12-16-13(2,3)7-8-17-12/h4-6H,7-8H2,1-3H3,(H,15,16). The Kier molecular flexibility index (Phi) is 3.69. The Bertz CT molecular complexity index is 434. The molecule has 0 unspecified atom stereocenters. The van der Waals surface area contributed by atoms with Gasteiger partial charge in [0.1, 0.15) is 0 Å². The van der Waals surface area contributed by atoms with Crippen molar-refractivity contribution in [2.75, 3.05) is 11.1 Å². The van der Waals surface area contributed by atoms with Crippen molar-refractivity contribution in [3.63, 3.8) is 0 Å². The summed E-state index contributed by atoms with van der Waals surface area (Å²) in [4.78, 5) is 4.70. The highest BCUT2D eigenvalue weighted by atomic mass is 35.5. The summed E-state index contributed by atoms with van der Waals surface area (Å²) < 4.78 is 0. The number of amidine groups is 1. The highest BCUT2D eigenvalue weighted by Gasteiger charge is 2.23. The van der Waals surface area contributed by atoms with Gasteiger partial charge in [0.15, 0.2) is 5.17 Å². The van der Waals surface area contributed by atoms with Crippen LogP contribution < -0.4 is 5.32 Å². The van der Waals surface area contributed by atoms with Gasteiger partial charge in [-0.05, 0) is 38.8 Å². The van der Waals surface area contributed by atoms with Crippen molar-refractivity contribution in [3.8, 4) is 0 Å². The van der Waals surface area contributed by atoms with Crippen LogP contribution in [-0.4, -0.2) is 16.5 Å². The second-order valence-corrected chi connectivity index (χ2v) is 6.38. The van der Waals surface area contributed by atoms with Gasteiger partial charge in [0.2, 0.25) is 0 Å². The lowest BCUT2D eigenvalue weighted by Gasteiger charge is -2.26. The zero-order valence-corrected chi connectivity index (χ0v) is 12.0. The summed E-state index contributed by atoms with van der Waals surface area (Å²) in [5.74, 6) is 1.10. The van der Waals surface area contributed by atoms with Crippen LogP contribution in [0, 0.1) is 6.92 Å². The fourth-order valence-corrected chi connectivity index (χ4v) is 3.27. The van der Waals surface area contributed by atoms with E-state index in [2.05, 4.69) is 19.2 Å². The Hall–Kier alpha value is -0.670. The van der Waals surface area contributed by atoms with Gasteiger partial charge in [-0.2, -0.15) is 0 Å². The fourth-order valence-electron chi connectivity index (χ4n) is 1.72. The molecule has 1 heterocycles. The molecule has 2 nitrogen and oxygen atoms in total. The van der Waals surface area contributed by atoms with E-state index in [1.54, 1.807) is 11.8 Å². The Labute approximate surface area is 112 Å². The minimum Gasteiger partial charge on any atom is -0.334 e. The maximum absolute atomic E-state index is 6.19. The Morgan fingerprint density at radius 1 is 1.41 bits per heavy atom. The second-order valence-electron chi connectivity index (χ2n) is 4.88. The first kappa shape index (κ1) is 12.8. The predicted octanol–water partition coefficient (Wildman–Crippen LogP) is 4.33. The summed E-state index contributed by atoms with van der Waals surface area (Å²) in [6.45, 7) is 6.37. The summed E-state index contributed by atoms with van der Waals surface area (Å²) in [6, 6.07) is 5.91. The van der Waals surface area contributed by atoms with E-state index in [0.29, 0.717) is 0 Å². The van der Waals surface area contributed by atoms with Crippen LogP contribution in [0.25, 0.3) is 0 Å². The Morgan fingerprint density at radius 3 is 2.82 bits per heavy atom. The molecule has 1 N–H and O–H groups in total. The monoisotopic (exact) mass is 268 g/mol. The number of aryl methyl sites for hydroxylation is 1. The van der Waals surface area contributed by atoms with Crippen molar-refractivity contribution in [2.24, 2.45) is 4.99 Å². The number of aliphatic imine (C=N–C) groups is 1. The van der Waals surface area contributed by atoms with Gasteiger partial charge in [0.05, 0.1) is 16.2 Å². The molecule has 1 aliphatic heterocycles. The molecule has 0 radical (unpaired) electrons. The molecule has 1 aromatic carbocycles. The van der Waals surface area contributed by atoms with Crippen molar-refractivity contribution < 1.29 is 0 Å². The van der Waals surface area contributed by atoms with Crippen LogP contribution in [0.1, 0.15) is 25.8 Å². The average molecular weight is 269 g/mol. The third-order valence-electron chi connectivity index (χ3n) is 2.81. The molecule has 17 heavy (non-hydrogen) atoms. The van der Waals surface area contributed by atoms with Gasteiger partial charge in [0, 0.05) is 5.75 Å². The van der Waals surface area contributed by atoms with E-state index in [4.69, 9.17) is 16.6 Å². The molecule has 0 saturated heterocycles. The van der Waals surface area contributed by atoms with Gasteiger partial charge in [-0.15, -0.1) is 0 Å². The molecule has 1 aromatic rings. The van der Waals surface area contributed by atoms with Crippen LogP contribution >= 0.6 is 23.4 Å². The van der Waals surface area contributed by atoms with E-state index in [0.717, 1.165) is 33.6 Å². The lowest BCUT2D eigenvalue weighted by atomic mass is 10.0. The third kappa shape index (κ3) is 3.17. The number of thioether (sulfide) groups is 1. The molecule has 0 spiro atoms. The number of para-hydroxylation sites is 1. The van der Waals surface area contributed by atoms with Crippen molar-refractivity contribution in [1.82, 2.24) is 0 Å². The first-order valence-corrected chi connectivity index (χ1v) is 7.09. The smallest absolute Gasteiger partial charge is 0.161 e. The summed E-state index contributed by atoms with van der Waals surface area (Å²) in [5.41, 5.74) is 2.14. The predicted molar refractivity (Wildman–Crippen MR) is 78.4 cm³/mol. The molecule has 0 saturated carbocycles. The molecular weight excluding hydrogens is 252 g/mol. The lowest BCUT2D eigenvalue weighted by molar-refractivity contribution is 0.507. The number of anilines is 1. The van der Waals surface area contributed by atoms with Crippen LogP contribution in [0.3, 0.4) is 0 Å². The maximum atomic E-state index is 6.19. The maximum Gasteiger partial charge on any atom is 0.161 e. The van der Waals surface area contributed by atoms with E-state index < -0.39 is 0 Å². The number of rotatable bonds is 1. The normalized spacial score (nSPS) is 18.7. The van der Waals surface area contributed by atoms with E-state index in [-0.39, 0.29) is 5.54 Å².